The summed E-state index contributed by atoms with van der Waals surface area (Å²) in [4.78, 5) is 14.3. The number of H-pyrrole nitrogens is 1. The molecule has 0 saturated heterocycles. The summed E-state index contributed by atoms with van der Waals surface area (Å²) >= 11 is 5.91. The van der Waals surface area contributed by atoms with E-state index in [9.17, 15) is 9.18 Å². The highest BCUT2D eigenvalue weighted by Crippen LogP contribution is 2.35. The molecule has 6 heteroatoms. The summed E-state index contributed by atoms with van der Waals surface area (Å²) in [5, 5.41) is 9.26. The first kappa shape index (κ1) is 15.1. The number of benzene rings is 1. The third-order valence-electron chi connectivity index (χ3n) is 2.91. The van der Waals surface area contributed by atoms with Crippen molar-refractivity contribution in [3.05, 3.63) is 50.7 Å². The van der Waals surface area contributed by atoms with Gasteiger partial charge in [0.05, 0.1) is 11.6 Å². The van der Waals surface area contributed by atoms with E-state index >= 15 is 0 Å². The van der Waals surface area contributed by atoms with E-state index in [4.69, 9.17) is 21.6 Å². The first-order valence-electron chi connectivity index (χ1n) is 6.24. The van der Waals surface area contributed by atoms with E-state index in [0.717, 1.165) is 0 Å². The minimum absolute atomic E-state index is 0.0847. The second-order valence-electron chi connectivity index (χ2n) is 4.35. The maximum Gasteiger partial charge on any atom is 0.266 e. The Kier molecular flexibility index (Phi) is 4.29. The third-order valence-corrected chi connectivity index (χ3v) is 3.21. The quantitative estimate of drug-likeness (QED) is 0.945. The van der Waals surface area contributed by atoms with E-state index in [-0.39, 0.29) is 34.1 Å². The zero-order valence-corrected chi connectivity index (χ0v) is 12.2. The average molecular weight is 307 g/mol. The van der Waals surface area contributed by atoms with Crippen molar-refractivity contribution < 1.29 is 9.13 Å². The fourth-order valence-corrected chi connectivity index (χ4v) is 2.23. The lowest BCUT2D eigenvalue weighted by atomic mass is 10.00. The van der Waals surface area contributed by atoms with Crippen LogP contribution in [0.5, 0.6) is 5.75 Å². The van der Waals surface area contributed by atoms with Gasteiger partial charge in [0.25, 0.3) is 5.56 Å². The second-order valence-corrected chi connectivity index (χ2v) is 4.76. The van der Waals surface area contributed by atoms with Gasteiger partial charge in [-0.15, -0.1) is 0 Å². The van der Waals surface area contributed by atoms with Crippen molar-refractivity contribution in [1.29, 1.82) is 5.26 Å². The molecular formula is C15H12ClFN2O2. The summed E-state index contributed by atoms with van der Waals surface area (Å²) in [6, 6.07) is 6.24. The van der Waals surface area contributed by atoms with Crippen LogP contribution in [0.1, 0.15) is 18.2 Å². The highest BCUT2D eigenvalue weighted by Gasteiger charge is 2.19. The van der Waals surface area contributed by atoms with Gasteiger partial charge >= 0.3 is 0 Å². The number of nitriles is 1. The van der Waals surface area contributed by atoms with Gasteiger partial charge in [-0.2, -0.15) is 5.26 Å². The standard InChI is InChI=1S/C15H12ClFN2O2/c1-3-21-14-12(16)5-4-9(13(14)17)10-6-8(2)19-15(20)11(10)7-18/h4-6H,3H2,1-2H3,(H,19,20). The normalized spacial score (nSPS) is 10.2. The van der Waals surface area contributed by atoms with Crippen LogP contribution in [0, 0.1) is 24.1 Å². The van der Waals surface area contributed by atoms with Crippen molar-refractivity contribution in [2.24, 2.45) is 0 Å². The molecule has 4 nitrogen and oxygen atoms in total. The largest absolute Gasteiger partial charge is 0.489 e. The first-order chi connectivity index (χ1) is 9.99. The summed E-state index contributed by atoms with van der Waals surface area (Å²) in [7, 11) is 0. The minimum Gasteiger partial charge on any atom is -0.489 e. The molecule has 108 valence electrons. The molecule has 0 aliphatic carbocycles. The van der Waals surface area contributed by atoms with Gasteiger partial charge in [-0.05, 0) is 32.0 Å². The number of aromatic amines is 1. The van der Waals surface area contributed by atoms with Gasteiger partial charge in [0.1, 0.15) is 11.6 Å². The van der Waals surface area contributed by atoms with E-state index < -0.39 is 11.4 Å². The first-order valence-corrected chi connectivity index (χ1v) is 6.62. The molecule has 1 aromatic carbocycles. The number of pyridine rings is 1. The van der Waals surface area contributed by atoms with E-state index in [1.165, 1.54) is 12.1 Å². The van der Waals surface area contributed by atoms with Crippen LogP contribution in [0.3, 0.4) is 0 Å². The second kappa shape index (κ2) is 5.98. The molecule has 0 atom stereocenters. The summed E-state index contributed by atoms with van der Waals surface area (Å²) < 4.78 is 19.7. The number of aryl methyl sites for hydroxylation is 1. The van der Waals surface area contributed by atoms with Crippen molar-refractivity contribution in [2.45, 2.75) is 13.8 Å². The maximum atomic E-state index is 14.6. The lowest BCUT2D eigenvalue weighted by molar-refractivity contribution is 0.322. The minimum atomic E-state index is -0.689. The van der Waals surface area contributed by atoms with Gasteiger partial charge in [0.2, 0.25) is 0 Å². The van der Waals surface area contributed by atoms with Crippen LogP contribution in [0.2, 0.25) is 5.02 Å². The van der Waals surface area contributed by atoms with E-state index in [1.54, 1.807) is 26.0 Å². The van der Waals surface area contributed by atoms with Gasteiger partial charge in [0.15, 0.2) is 11.6 Å². The van der Waals surface area contributed by atoms with Gasteiger partial charge in [-0.3, -0.25) is 4.79 Å². The molecule has 0 radical (unpaired) electrons. The van der Waals surface area contributed by atoms with Crippen LogP contribution < -0.4 is 10.3 Å². The van der Waals surface area contributed by atoms with Crippen LogP contribution in [-0.2, 0) is 0 Å². The van der Waals surface area contributed by atoms with Crippen molar-refractivity contribution in [1.82, 2.24) is 4.98 Å². The molecule has 0 aliphatic heterocycles. The number of hydrogen-bond acceptors (Lipinski definition) is 3. The van der Waals surface area contributed by atoms with Crippen molar-refractivity contribution in [3.8, 4) is 22.9 Å². The van der Waals surface area contributed by atoms with E-state index in [1.807, 2.05) is 0 Å². The lowest BCUT2D eigenvalue weighted by Crippen LogP contribution is -2.13. The smallest absolute Gasteiger partial charge is 0.266 e. The average Bonchev–Trinajstić information content (AvgIpc) is 2.43. The molecule has 1 N–H and O–H groups in total. The number of hydrogen-bond donors (Lipinski definition) is 1. The van der Waals surface area contributed by atoms with Gasteiger partial charge in [-0.25, -0.2) is 4.39 Å². The predicted octanol–water partition coefficient (Wildman–Crippen LogP) is 3.41. The molecule has 0 fully saturated rings. The molecule has 0 bridgehead atoms. The SMILES string of the molecule is CCOc1c(Cl)ccc(-c2cc(C)[nH]c(=O)c2C#N)c1F. The fraction of sp³-hybridized carbons (Fsp3) is 0.200. The molecule has 1 heterocycles. The zero-order valence-electron chi connectivity index (χ0n) is 11.5. The highest BCUT2D eigenvalue weighted by molar-refractivity contribution is 6.32. The monoisotopic (exact) mass is 306 g/mol. The number of aromatic nitrogens is 1. The Balaban J connectivity index is 2.77. The van der Waals surface area contributed by atoms with Gasteiger partial charge < -0.3 is 9.72 Å². The van der Waals surface area contributed by atoms with Crippen LogP contribution >= 0.6 is 11.6 Å². The topological polar surface area (TPSA) is 65.9 Å². The Morgan fingerprint density at radius 2 is 2.14 bits per heavy atom. The van der Waals surface area contributed by atoms with Crippen molar-refractivity contribution in [3.63, 3.8) is 0 Å². The Bertz CT molecular complexity index is 793. The molecule has 2 aromatic rings. The lowest BCUT2D eigenvalue weighted by Gasteiger charge is -2.12. The van der Waals surface area contributed by atoms with Crippen LogP contribution in [-0.4, -0.2) is 11.6 Å². The number of nitrogens with zero attached hydrogens (tertiary/aromatic N) is 1. The molecule has 21 heavy (non-hydrogen) atoms. The number of ether oxygens (including phenoxy) is 1. The van der Waals surface area contributed by atoms with Crippen molar-refractivity contribution >= 4 is 11.6 Å². The Hall–Kier alpha value is -2.32. The Labute approximate surface area is 125 Å². The van der Waals surface area contributed by atoms with Crippen LogP contribution in [0.15, 0.2) is 23.0 Å². The fourth-order valence-electron chi connectivity index (χ4n) is 2.03. The summed E-state index contributed by atoms with van der Waals surface area (Å²) in [5.74, 6) is -0.774. The molecule has 0 amide bonds. The molecule has 0 aliphatic rings. The predicted molar refractivity (Wildman–Crippen MR) is 78.1 cm³/mol. The molecule has 0 saturated carbocycles. The Morgan fingerprint density at radius 3 is 2.76 bits per heavy atom. The number of nitrogens with one attached hydrogen (secondary N) is 1. The van der Waals surface area contributed by atoms with Gasteiger partial charge in [-0.1, -0.05) is 11.6 Å². The maximum absolute atomic E-state index is 14.6. The third kappa shape index (κ3) is 2.76. The molecule has 2 rings (SSSR count). The van der Waals surface area contributed by atoms with E-state index in [0.29, 0.717) is 5.69 Å². The number of halogens is 2. The van der Waals surface area contributed by atoms with Crippen LogP contribution in [0.25, 0.3) is 11.1 Å². The zero-order chi connectivity index (χ0) is 15.6. The summed E-state index contributed by atoms with van der Waals surface area (Å²) in [6.07, 6.45) is 0. The van der Waals surface area contributed by atoms with Crippen molar-refractivity contribution in [2.75, 3.05) is 6.61 Å². The highest BCUT2D eigenvalue weighted by atomic mass is 35.5. The summed E-state index contributed by atoms with van der Waals surface area (Å²) in [6.45, 7) is 3.61. The summed E-state index contributed by atoms with van der Waals surface area (Å²) in [5.41, 5.74) is 0.146. The van der Waals surface area contributed by atoms with E-state index in [2.05, 4.69) is 4.98 Å². The number of rotatable bonds is 3. The molecular weight excluding hydrogens is 295 g/mol. The van der Waals surface area contributed by atoms with Crippen LogP contribution in [0.4, 0.5) is 4.39 Å². The molecule has 0 unspecified atom stereocenters. The molecule has 1 aromatic heterocycles. The Morgan fingerprint density at radius 1 is 1.43 bits per heavy atom. The van der Waals surface area contributed by atoms with Gasteiger partial charge in [0, 0.05) is 16.8 Å². The molecule has 0 spiro atoms.